The average Bonchev–Trinajstić information content (AvgIpc) is 3.28. The van der Waals surface area contributed by atoms with Gasteiger partial charge in [-0.25, -0.2) is 4.90 Å². The minimum Gasteiger partial charge on any atom is -0.324 e. The molecule has 2 heterocycles. The van der Waals surface area contributed by atoms with E-state index in [4.69, 9.17) is 0 Å². The molecule has 1 N–H and O–H groups in total. The van der Waals surface area contributed by atoms with E-state index in [2.05, 4.69) is 43.3 Å². The first kappa shape index (κ1) is 21.7. The summed E-state index contributed by atoms with van der Waals surface area (Å²) in [5.74, 6) is -0.429. The van der Waals surface area contributed by atoms with E-state index in [0.717, 1.165) is 10.5 Å². The Morgan fingerprint density at radius 3 is 2.03 bits per heavy atom. The fourth-order valence-corrected chi connectivity index (χ4v) is 3.92. The molecule has 2 atom stereocenters. The first-order valence-corrected chi connectivity index (χ1v) is 10.8. The van der Waals surface area contributed by atoms with Crippen molar-refractivity contribution in [3.05, 3.63) is 59.7 Å². The molecule has 1 saturated heterocycles. The molecule has 1 fully saturated rings. The molecule has 2 aromatic rings. The van der Waals surface area contributed by atoms with Gasteiger partial charge >= 0.3 is 0 Å². The molecule has 2 aliphatic heterocycles. The second-order valence-electron chi connectivity index (χ2n) is 8.78. The van der Waals surface area contributed by atoms with E-state index in [-0.39, 0.29) is 12.5 Å². The Balaban J connectivity index is 1.44. The summed E-state index contributed by atoms with van der Waals surface area (Å²) >= 11 is 0. The fourth-order valence-electron chi connectivity index (χ4n) is 3.92. The van der Waals surface area contributed by atoms with Gasteiger partial charge in [-0.1, -0.05) is 57.2 Å². The van der Waals surface area contributed by atoms with Crippen molar-refractivity contribution in [2.45, 2.75) is 51.6 Å². The van der Waals surface area contributed by atoms with Gasteiger partial charge in [-0.3, -0.25) is 19.4 Å². The Bertz CT molecular complexity index is 1060. The van der Waals surface area contributed by atoms with Crippen LogP contribution >= 0.6 is 0 Å². The highest BCUT2D eigenvalue weighted by Crippen LogP contribution is 2.32. The van der Waals surface area contributed by atoms with E-state index < -0.39 is 23.9 Å². The lowest BCUT2D eigenvalue weighted by Crippen LogP contribution is -2.43. The molecule has 8 nitrogen and oxygen atoms in total. The normalized spacial score (nSPS) is 19.9. The number of carbonyl (C=O) groups excluding carboxylic acids is 3. The summed E-state index contributed by atoms with van der Waals surface area (Å²) in [6.07, 6.45) is 0. The zero-order valence-corrected chi connectivity index (χ0v) is 18.6. The molecule has 0 radical (unpaired) electrons. The lowest BCUT2D eigenvalue weighted by atomic mass is 10.0. The number of carbonyl (C=O) groups is 3. The van der Waals surface area contributed by atoms with Gasteiger partial charge < -0.3 is 5.32 Å². The molecule has 0 aliphatic carbocycles. The molecule has 0 spiro atoms. The maximum absolute atomic E-state index is 13.1. The second kappa shape index (κ2) is 8.53. The van der Waals surface area contributed by atoms with Crippen LogP contribution in [0.25, 0.3) is 0 Å². The van der Waals surface area contributed by atoms with Crippen molar-refractivity contribution in [2.24, 2.45) is 10.3 Å². The van der Waals surface area contributed by atoms with E-state index in [1.807, 2.05) is 36.4 Å². The quantitative estimate of drug-likeness (QED) is 0.700. The zero-order valence-electron chi connectivity index (χ0n) is 18.6. The van der Waals surface area contributed by atoms with E-state index in [9.17, 15) is 14.4 Å². The highest BCUT2D eigenvalue weighted by Gasteiger charge is 2.55. The lowest BCUT2D eigenvalue weighted by molar-refractivity contribution is -0.123. The predicted molar refractivity (Wildman–Crippen MR) is 121 cm³/mol. The SMILES string of the molecule is CC(C)c1ccc(NC(=O)CN2N=NC3C(=O)N(c4ccc(C(C)C)cc4)C(=O)C32)cc1. The molecule has 2 aromatic carbocycles. The van der Waals surface area contributed by atoms with Crippen molar-refractivity contribution in [3.63, 3.8) is 0 Å². The number of rotatable bonds is 6. The van der Waals surface area contributed by atoms with Crippen molar-refractivity contribution in [1.82, 2.24) is 5.01 Å². The Morgan fingerprint density at radius 2 is 1.47 bits per heavy atom. The maximum atomic E-state index is 13.1. The molecule has 4 rings (SSSR count). The molecule has 166 valence electrons. The first-order chi connectivity index (χ1) is 15.3. The van der Waals surface area contributed by atoms with Crippen molar-refractivity contribution >= 4 is 29.1 Å². The third-order valence-corrected chi connectivity index (χ3v) is 5.84. The third kappa shape index (κ3) is 4.00. The number of hydrogen-bond acceptors (Lipinski definition) is 6. The number of imide groups is 1. The predicted octanol–water partition coefficient (Wildman–Crippen LogP) is 3.87. The van der Waals surface area contributed by atoms with Gasteiger partial charge in [-0.15, -0.1) is 0 Å². The largest absolute Gasteiger partial charge is 0.324 e. The van der Waals surface area contributed by atoms with Gasteiger partial charge in [0, 0.05) is 5.69 Å². The lowest BCUT2D eigenvalue weighted by Gasteiger charge is -2.20. The van der Waals surface area contributed by atoms with Crippen LogP contribution in [0.3, 0.4) is 0 Å². The molecule has 0 bridgehead atoms. The molecule has 0 saturated carbocycles. The summed E-state index contributed by atoms with van der Waals surface area (Å²) in [5, 5.41) is 12.0. The molecular formula is C24H27N5O3. The summed E-state index contributed by atoms with van der Waals surface area (Å²) in [7, 11) is 0. The van der Waals surface area contributed by atoms with Gasteiger partial charge in [-0.2, -0.15) is 5.11 Å². The maximum Gasteiger partial charge on any atom is 0.263 e. The zero-order chi connectivity index (χ0) is 23.0. The minimum atomic E-state index is -0.926. The number of amides is 3. The van der Waals surface area contributed by atoms with Crippen molar-refractivity contribution in [3.8, 4) is 0 Å². The van der Waals surface area contributed by atoms with Gasteiger partial charge in [0.2, 0.25) is 5.91 Å². The number of hydrogen-bond donors (Lipinski definition) is 1. The van der Waals surface area contributed by atoms with Crippen LogP contribution in [-0.2, 0) is 14.4 Å². The van der Waals surface area contributed by atoms with Crippen molar-refractivity contribution in [2.75, 3.05) is 16.8 Å². The summed E-state index contributed by atoms with van der Waals surface area (Å²) < 4.78 is 0. The first-order valence-electron chi connectivity index (χ1n) is 10.8. The molecule has 2 unspecified atom stereocenters. The molecule has 32 heavy (non-hydrogen) atoms. The van der Waals surface area contributed by atoms with Crippen molar-refractivity contribution < 1.29 is 14.4 Å². The number of benzene rings is 2. The van der Waals surface area contributed by atoms with Gasteiger partial charge in [0.1, 0.15) is 6.54 Å². The van der Waals surface area contributed by atoms with Crippen LogP contribution in [0.4, 0.5) is 11.4 Å². The third-order valence-electron chi connectivity index (χ3n) is 5.84. The van der Waals surface area contributed by atoms with Crippen molar-refractivity contribution in [1.29, 1.82) is 0 Å². The molecule has 2 aliphatic rings. The number of nitrogens with one attached hydrogen (secondary N) is 1. The van der Waals surface area contributed by atoms with Crippen LogP contribution in [0.2, 0.25) is 0 Å². The fraction of sp³-hybridized carbons (Fsp3) is 0.375. The van der Waals surface area contributed by atoms with E-state index in [0.29, 0.717) is 23.2 Å². The highest BCUT2D eigenvalue weighted by atomic mass is 16.2. The monoisotopic (exact) mass is 433 g/mol. The van der Waals surface area contributed by atoms with Crippen LogP contribution in [0.15, 0.2) is 58.9 Å². The molecule has 8 heteroatoms. The highest BCUT2D eigenvalue weighted by molar-refractivity contribution is 6.25. The number of fused-ring (bicyclic) bond motifs is 1. The van der Waals surface area contributed by atoms with E-state index >= 15 is 0 Å². The number of anilines is 2. The summed E-state index contributed by atoms with van der Waals surface area (Å²) in [5.41, 5.74) is 3.46. The second-order valence-corrected chi connectivity index (χ2v) is 8.78. The van der Waals surface area contributed by atoms with Gasteiger partial charge in [0.15, 0.2) is 12.1 Å². The van der Waals surface area contributed by atoms with Crippen LogP contribution < -0.4 is 10.2 Å². The molecular weight excluding hydrogens is 406 g/mol. The summed E-state index contributed by atoms with van der Waals surface area (Å²) in [6.45, 7) is 8.19. The number of nitrogens with zero attached hydrogens (tertiary/aromatic N) is 4. The molecule has 3 amide bonds. The van der Waals surface area contributed by atoms with Crippen LogP contribution in [0.1, 0.15) is 50.7 Å². The standard InChI is InChI=1S/C24H27N5O3/c1-14(2)16-5-9-18(10-6-16)25-20(30)13-28-22-21(26-27-28)23(31)29(24(22)32)19-11-7-17(8-12-19)15(3)4/h5-12,14-15,21-22H,13H2,1-4H3,(H,25,30). The van der Waals surface area contributed by atoms with Gasteiger partial charge in [0.05, 0.1) is 5.69 Å². The van der Waals surface area contributed by atoms with Crippen LogP contribution in [0, 0.1) is 0 Å². The minimum absolute atomic E-state index is 0.171. The van der Waals surface area contributed by atoms with Gasteiger partial charge in [0.25, 0.3) is 11.8 Å². The Hall–Kier alpha value is -3.55. The summed E-state index contributed by atoms with van der Waals surface area (Å²) in [6, 6.07) is 13.1. The Labute approximate surface area is 187 Å². The smallest absolute Gasteiger partial charge is 0.263 e. The Morgan fingerprint density at radius 1 is 0.906 bits per heavy atom. The van der Waals surface area contributed by atoms with E-state index in [1.54, 1.807) is 12.1 Å². The Kier molecular flexibility index (Phi) is 5.78. The van der Waals surface area contributed by atoms with E-state index in [1.165, 1.54) is 10.6 Å². The summed E-state index contributed by atoms with van der Waals surface area (Å²) in [4.78, 5) is 39.6. The van der Waals surface area contributed by atoms with Gasteiger partial charge in [-0.05, 0) is 47.2 Å². The van der Waals surface area contributed by atoms with Crippen LogP contribution in [-0.4, -0.2) is 41.4 Å². The topological polar surface area (TPSA) is 94.4 Å². The molecule has 0 aromatic heterocycles. The van der Waals surface area contributed by atoms with Crippen LogP contribution in [0.5, 0.6) is 0 Å². The average molecular weight is 434 g/mol.